The molecule has 0 saturated carbocycles. The normalized spacial score (nSPS) is 14.3. The van der Waals surface area contributed by atoms with Crippen molar-refractivity contribution in [3.05, 3.63) is 33.6 Å². The number of aryl methyl sites for hydroxylation is 1. The van der Waals surface area contributed by atoms with Crippen LogP contribution in [0.15, 0.2) is 6.07 Å². The Balaban J connectivity index is 2.71. The van der Waals surface area contributed by atoms with E-state index in [0.29, 0.717) is 11.8 Å². The second-order valence-electron chi connectivity index (χ2n) is 3.20. The highest BCUT2D eigenvalue weighted by Crippen LogP contribution is 2.31. The van der Waals surface area contributed by atoms with Crippen LogP contribution in [-0.4, -0.2) is 6.29 Å². The van der Waals surface area contributed by atoms with Crippen molar-refractivity contribution in [2.24, 2.45) is 0 Å². The highest BCUT2D eigenvalue weighted by Gasteiger charge is 2.19. The van der Waals surface area contributed by atoms with Crippen LogP contribution in [0.25, 0.3) is 0 Å². The number of carbonyl (C=O) groups is 1. The topological polar surface area (TPSA) is 17.1 Å². The van der Waals surface area contributed by atoms with Crippen molar-refractivity contribution in [1.82, 2.24) is 0 Å². The van der Waals surface area contributed by atoms with Crippen LogP contribution in [0.2, 0.25) is 5.02 Å². The predicted octanol–water partition coefficient (Wildman–Crippen LogP) is 2.78. The number of aldehydes is 1. The number of fused-ring (bicyclic) bond motifs is 1. The molecular formula is C10H8ClFO. The number of benzene rings is 1. The Labute approximate surface area is 80.5 Å². The van der Waals surface area contributed by atoms with Gasteiger partial charge in [-0.15, -0.1) is 0 Å². The first kappa shape index (κ1) is 8.70. The van der Waals surface area contributed by atoms with Crippen molar-refractivity contribution in [1.29, 1.82) is 0 Å². The van der Waals surface area contributed by atoms with E-state index in [2.05, 4.69) is 0 Å². The van der Waals surface area contributed by atoms with Crippen molar-refractivity contribution in [2.45, 2.75) is 19.3 Å². The third-order valence-electron chi connectivity index (χ3n) is 2.45. The molecule has 13 heavy (non-hydrogen) atoms. The monoisotopic (exact) mass is 198 g/mol. The fourth-order valence-corrected chi connectivity index (χ4v) is 2.05. The molecule has 2 rings (SSSR count). The van der Waals surface area contributed by atoms with Gasteiger partial charge >= 0.3 is 0 Å². The van der Waals surface area contributed by atoms with Crippen molar-refractivity contribution < 1.29 is 9.18 Å². The molecule has 0 N–H and O–H groups in total. The van der Waals surface area contributed by atoms with Crippen molar-refractivity contribution in [3.63, 3.8) is 0 Å². The average Bonchev–Trinajstić information content (AvgIpc) is 2.54. The average molecular weight is 199 g/mol. The molecule has 0 bridgehead atoms. The zero-order valence-corrected chi connectivity index (χ0v) is 7.70. The Morgan fingerprint density at radius 3 is 2.92 bits per heavy atom. The van der Waals surface area contributed by atoms with Gasteiger partial charge in [0, 0.05) is 5.56 Å². The lowest BCUT2D eigenvalue weighted by atomic mass is 10.0. The minimum absolute atomic E-state index is 0.0318. The van der Waals surface area contributed by atoms with Gasteiger partial charge in [0.1, 0.15) is 5.82 Å². The summed E-state index contributed by atoms with van der Waals surface area (Å²) in [5.74, 6) is -0.482. The number of halogens is 2. The lowest BCUT2D eigenvalue weighted by molar-refractivity contribution is 0.112. The van der Waals surface area contributed by atoms with E-state index in [-0.39, 0.29) is 5.02 Å². The first-order valence-electron chi connectivity index (χ1n) is 4.19. The molecule has 1 nitrogen and oxygen atoms in total. The Morgan fingerprint density at radius 1 is 1.46 bits per heavy atom. The van der Waals surface area contributed by atoms with Crippen molar-refractivity contribution in [2.75, 3.05) is 0 Å². The van der Waals surface area contributed by atoms with Crippen LogP contribution < -0.4 is 0 Å². The van der Waals surface area contributed by atoms with Crippen LogP contribution in [0.1, 0.15) is 27.9 Å². The third-order valence-corrected chi connectivity index (χ3v) is 2.83. The van der Waals surface area contributed by atoms with E-state index in [4.69, 9.17) is 11.6 Å². The van der Waals surface area contributed by atoms with Crippen LogP contribution in [-0.2, 0) is 12.8 Å². The van der Waals surface area contributed by atoms with Crippen molar-refractivity contribution in [3.8, 4) is 0 Å². The van der Waals surface area contributed by atoms with Gasteiger partial charge in [0.25, 0.3) is 0 Å². The summed E-state index contributed by atoms with van der Waals surface area (Å²) in [6.45, 7) is 0. The second kappa shape index (κ2) is 3.11. The molecule has 1 aromatic carbocycles. The highest BCUT2D eigenvalue weighted by molar-refractivity contribution is 6.33. The summed E-state index contributed by atoms with van der Waals surface area (Å²) in [4.78, 5) is 10.7. The van der Waals surface area contributed by atoms with E-state index in [1.165, 1.54) is 6.07 Å². The van der Waals surface area contributed by atoms with Crippen LogP contribution in [0.3, 0.4) is 0 Å². The maximum atomic E-state index is 13.1. The quantitative estimate of drug-likeness (QED) is 0.635. The molecule has 0 fully saturated rings. The number of hydrogen-bond donors (Lipinski definition) is 0. The van der Waals surface area contributed by atoms with Gasteiger partial charge < -0.3 is 0 Å². The van der Waals surface area contributed by atoms with Gasteiger partial charge in [-0.2, -0.15) is 0 Å². The first-order chi connectivity index (χ1) is 6.24. The molecule has 0 heterocycles. The van der Waals surface area contributed by atoms with Crippen LogP contribution in [0, 0.1) is 5.82 Å². The molecule has 0 radical (unpaired) electrons. The zero-order chi connectivity index (χ0) is 9.42. The standard InChI is InChI=1S/C10H8ClFO/c11-10-8(5-13)7-3-1-2-6(7)4-9(10)12/h4-5H,1-3H2. The van der Waals surface area contributed by atoms with Crippen LogP contribution >= 0.6 is 11.6 Å². The molecule has 1 aromatic rings. The summed E-state index contributed by atoms with van der Waals surface area (Å²) in [5, 5.41) is -0.0318. The van der Waals surface area contributed by atoms with Gasteiger partial charge in [0.15, 0.2) is 6.29 Å². The van der Waals surface area contributed by atoms with Gasteiger partial charge in [0.2, 0.25) is 0 Å². The van der Waals surface area contributed by atoms with Crippen LogP contribution in [0.5, 0.6) is 0 Å². The summed E-state index contributed by atoms with van der Waals surface area (Å²) < 4.78 is 13.1. The summed E-state index contributed by atoms with van der Waals surface area (Å²) in [6.07, 6.45) is 3.32. The molecule has 1 aliphatic carbocycles. The molecular weight excluding hydrogens is 191 g/mol. The Kier molecular flexibility index (Phi) is 2.08. The maximum absolute atomic E-state index is 13.1. The molecule has 68 valence electrons. The van der Waals surface area contributed by atoms with E-state index >= 15 is 0 Å². The largest absolute Gasteiger partial charge is 0.298 e. The molecule has 0 aliphatic heterocycles. The minimum Gasteiger partial charge on any atom is -0.298 e. The summed E-state index contributed by atoms with van der Waals surface area (Å²) in [7, 11) is 0. The minimum atomic E-state index is -0.482. The van der Waals surface area contributed by atoms with Gasteiger partial charge in [0.05, 0.1) is 5.02 Å². The SMILES string of the molecule is O=Cc1c(Cl)c(F)cc2c1CCC2. The fraction of sp³-hybridized carbons (Fsp3) is 0.300. The summed E-state index contributed by atoms with van der Waals surface area (Å²) in [5.41, 5.74) is 2.21. The molecule has 0 atom stereocenters. The highest BCUT2D eigenvalue weighted by atomic mass is 35.5. The van der Waals surface area contributed by atoms with Crippen LogP contribution in [0.4, 0.5) is 4.39 Å². The number of rotatable bonds is 1. The number of hydrogen-bond acceptors (Lipinski definition) is 1. The fourth-order valence-electron chi connectivity index (χ4n) is 1.83. The second-order valence-corrected chi connectivity index (χ2v) is 3.57. The lowest BCUT2D eigenvalue weighted by Crippen LogP contribution is -1.96. The van der Waals surface area contributed by atoms with Crippen molar-refractivity contribution >= 4 is 17.9 Å². The van der Waals surface area contributed by atoms with Gasteiger partial charge in [-0.25, -0.2) is 4.39 Å². The Hall–Kier alpha value is -0.890. The molecule has 0 aromatic heterocycles. The summed E-state index contributed by atoms with van der Waals surface area (Å²) in [6, 6.07) is 1.44. The van der Waals surface area contributed by atoms with E-state index in [1.54, 1.807) is 0 Å². The van der Waals surface area contributed by atoms with E-state index < -0.39 is 5.82 Å². The van der Waals surface area contributed by atoms with Gasteiger partial charge in [-0.3, -0.25) is 4.79 Å². The van der Waals surface area contributed by atoms with Gasteiger partial charge in [-0.05, 0) is 36.5 Å². The lowest BCUT2D eigenvalue weighted by Gasteiger charge is -2.05. The number of carbonyl (C=O) groups excluding carboxylic acids is 1. The van der Waals surface area contributed by atoms with E-state index in [0.717, 1.165) is 30.4 Å². The maximum Gasteiger partial charge on any atom is 0.151 e. The van der Waals surface area contributed by atoms with Gasteiger partial charge in [-0.1, -0.05) is 11.6 Å². The third kappa shape index (κ3) is 1.25. The molecule has 0 spiro atoms. The molecule has 0 saturated heterocycles. The molecule has 0 amide bonds. The van der Waals surface area contributed by atoms with E-state index in [9.17, 15) is 9.18 Å². The Morgan fingerprint density at radius 2 is 2.23 bits per heavy atom. The Bertz CT molecular complexity index is 374. The molecule has 0 unspecified atom stereocenters. The van der Waals surface area contributed by atoms with E-state index in [1.807, 2.05) is 0 Å². The smallest absolute Gasteiger partial charge is 0.151 e. The molecule has 3 heteroatoms. The molecule has 1 aliphatic rings. The first-order valence-corrected chi connectivity index (χ1v) is 4.56. The predicted molar refractivity (Wildman–Crippen MR) is 48.8 cm³/mol. The summed E-state index contributed by atoms with van der Waals surface area (Å²) >= 11 is 5.67. The zero-order valence-electron chi connectivity index (χ0n) is 6.94.